The second-order valence-electron chi connectivity index (χ2n) is 6.38. The van der Waals surface area contributed by atoms with E-state index in [1.54, 1.807) is 24.3 Å². The van der Waals surface area contributed by atoms with Gasteiger partial charge in [-0.1, -0.05) is 24.3 Å². The first-order chi connectivity index (χ1) is 11.6. The van der Waals surface area contributed by atoms with Gasteiger partial charge in [-0.25, -0.2) is 0 Å². The number of nitriles is 1. The zero-order valence-electron chi connectivity index (χ0n) is 14.0. The average molecular weight is 322 g/mol. The summed E-state index contributed by atoms with van der Waals surface area (Å²) in [6.45, 7) is 4.62. The molecule has 3 rings (SSSR count). The van der Waals surface area contributed by atoms with Gasteiger partial charge < -0.3 is 15.2 Å². The molecule has 0 spiro atoms. The van der Waals surface area contributed by atoms with Crippen LogP contribution in [0.4, 0.5) is 0 Å². The Labute approximate surface area is 142 Å². The molecule has 0 saturated carbocycles. The predicted octanol–water partition coefficient (Wildman–Crippen LogP) is 3.27. The summed E-state index contributed by atoms with van der Waals surface area (Å²) < 4.78 is 5.73. The average Bonchev–Trinajstić information content (AvgIpc) is 2.98. The lowest BCUT2D eigenvalue weighted by Crippen LogP contribution is -2.24. The number of hydrogen-bond acceptors (Lipinski definition) is 4. The van der Waals surface area contributed by atoms with Crippen LogP contribution in [0.3, 0.4) is 0 Å². The van der Waals surface area contributed by atoms with Gasteiger partial charge >= 0.3 is 0 Å². The van der Waals surface area contributed by atoms with Gasteiger partial charge in [-0.3, -0.25) is 0 Å². The van der Waals surface area contributed by atoms with Crippen LogP contribution in [0.2, 0.25) is 0 Å². The third kappa shape index (κ3) is 3.59. The van der Waals surface area contributed by atoms with Crippen molar-refractivity contribution >= 4 is 0 Å². The van der Waals surface area contributed by atoms with E-state index in [-0.39, 0.29) is 12.1 Å². The highest BCUT2D eigenvalue weighted by molar-refractivity contribution is 5.41. The molecule has 2 aromatic carbocycles. The van der Waals surface area contributed by atoms with E-state index < -0.39 is 6.10 Å². The number of hydrogen-bond donors (Lipinski definition) is 2. The molecule has 124 valence electrons. The van der Waals surface area contributed by atoms with Crippen molar-refractivity contribution < 1.29 is 9.84 Å². The van der Waals surface area contributed by atoms with Crippen molar-refractivity contribution in [2.45, 2.75) is 38.5 Å². The summed E-state index contributed by atoms with van der Waals surface area (Å²) in [6, 6.07) is 15.5. The highest BCUT2D eigenvalue weighted by Gasteiger charge is 2.20. The van der Waals surface area contributed by atoms with Gasteiger partial charge in [0.15, 0.2) is 0 Å². The number of aliphatic hydroxyl groups excluding tert-OH is 1. The number of aliphatic hydroxyl groups is 1. The van der Waals surface area contributed by atoms with E-state index in [9.17, 15) is 5.11 Å². The fourth-order valence-corrected chi connectivity index (χ4v) is 3.02. The van der Waals surface area contributed by atoms with Gasteiger partial charge in [0.1, 0.15) is 11.9 Å². The minimum atomic E-state index is -0.599. The van der Waals surface area contributed by atoms with Crippen molar-refractivity contribution in [3.05, 3.63) is 64.7 Å². The van der Waals surface area contributed by atoms with E-state index in [4.69, 9.17) is 10.00 Å². The minimum absolute atomic E-state index is 0.138. The van der Waals surface area contributed by atoms with Crippen LogP contribution in [0.15, 0.2) is 42.5 Å². The quantitative estimate of drug-likeness (QED) is 0.887. The molecular formula is C20H22N2O2. The zero-order chi connectivity index (χ0) is 17.1. The molecular weight excluding hydrogens is 300 g/mol. The van der Waals surface area contributed by atoms with E-state index in [0.29, 0.717) is 12.1 Å². The Morgan fingerprint density at radius 2 is 1.96 bits per heavy atom. The van der Waals surface area contributed by atoms with Crippen LogP contribution < -0.4 is 10.1 Å². The van der Waals surface area contributed by atoms with Gasteiger partial charge in [0.05, 0.1) is 17.7 Å². The highest BCUT2D eigenvalue weighted by Crippen LogP contribution is 2.31. The van der Waals surface area contributed by atoms with Gasteiger partial charge in [0.2, 0.25) is 0 Å². The summed E-state index contributed by atoms with van der Waals surface area (Å²) in [4.78, 5) is 0. The Morgan fingerprint density at radius 3 is 2.67 bits per heavy atom. The molecule has 2 N–H and O–H groups in total. The first-order valence-corrected chi connectivity index (χ1v) is 8.28. The van der Waals surface area contributed by atoms with E-state index in [1.165, 1.54) is 11.1 Å². The van der Waals surface area contributed by atoms with E-state index in [2.05, 4.69) is 37.4 Å². The largest absolute Gasteiger partial charge is 0.490 e. The molecule has 0 saturated heterocycles. The summed E-state index contributed by atoms with van der Waals surface area (Å²) in [6.07, 6.45) is 0.596. The number of ether oxygens (including phenoxy) is 1. The smallest absolute Gasteiger partial charge is 0.123 e. The van der Waals surface area contributed by atoms with E-state index in [0.717, 1.165) is 17.7 Å². The summed E-state index contributed by atoms with van der Waals surface area (Å²) in [5.74, 6) is 0.982. The van der Waals surface area contributed by atoms with Crippen LogP contribution in [0.5, 0.6) is 5.75 Å². The summed E-state index contributed by atoms with van der Waals surface area (Å²) >= 11 is 0. The molecule has 0 aliphatic carbocycles. The van der Waals surface area contributed by atoms with Crippen LogP contribution >= 0.6 is 0 Å². The molecule has 2 unspecified atom stereocenters. The molecule has 3 atom stereocenters. The molecule has 0 fully saturated rings. The number of fused-ring (bicyclic) bond motifs is 1. The van der Waals surface area contributed by atoms with E-state index >= 15 is 0 Å². The fourth-order valence-electron chi connectivity index (χ4n) is 3.02. The van der Waals surface area contributed by atoms with Crippen molar-refractivity contribution in [2.75, 3.05) is 6.54 Å². The van der Waals surface area contributed by atoms with Crippen LogP contribution in [-0.2, 0) is 6.42 Å². The monoisotopic (exact) mass is 322 g/mol. The first-order valence-electron chi connectivity index (χ1n) is 8.28. The Morgan fingerprint density at radius 1 is 1.25 bits per heavy atom. The molecule has 0 bridgehead atoms. The van der Waals surface area contributed by atoms with Gasteiger partial charge in [0, 0.05) is 19.0 Å². The molecule has 2 aromatic rings. The summed E-state index contributed by atoms with van der Waals surface area (Å²) in [5.41, 5.74) is 3.85. The molecule has 1 aliphatic rings. The standard InChI is InChI=1S/C20H22N2O2/c1-13-9-18-10-17(7-8-20(18)24-13)14(2)22-12-19(23)16-5-3-15(11-21)4-6-16/h3-8,10,13-14,19,22-23H,9,12H2,1-2H3/t13?,14-,19?/m1/s1. The van der Waals surface area contributed by atoms with Crippen LogP contribution in [-0.4, -0.2) is 17.8 Å². The Kier molecular flexibility index (Phi) is 4.84. The Hall–Kier alpha value is -2.35. The lowest BCUT2D eigenvalue weighted by Gasteiger charge is -2.18. The SMILES string of the molecule is CC1Cc2cc([C@@H](C)NCC(O)c3ccc(C#N)cc3)ccc2O1. The fraction of sp³-hybridized carbons (Fsp3) is 0.350. The second kappa shape index (κ2) is 7.04. The number of nitrogens with one attached hydrogen (secondary N) is 1. The van der Waals surface area contributed by atoms with Gasteiger partial charge in [-0.15, -0.1) is 0 Å². The van der Waals surface area contributed by atoms with Crippen molar-refractivity contribution in [2.24, 2.45) is 0 Å². The minimum Gasteiger partial charge on any atom is -0.490 e. The van der Waals surface area contributed by atoms with Crippen LogP contribution in [0.25, 0.3) is 0 Å². The number of rotatable bonds is 5. The Balaban J connectivity index is 1.60. The maximum atomic E-state index is 10.3. The lowest BCUT2D eigenvalue weighted by molar-refractivity contribution is 0.171. The molecule has 0 amide bonds. The molecule has 4 nitrogen and oxygen atoms in total. The topological polar surface area (TPSA) is 65.3 Å². The molecule has 0 aromatic heterocycles. The van der Waals surface area contributed by atoms with Crippen molar-refractivity contribution in [3.8, 4) is 11.8 Å². The van der Waals surface area contributed by atoms with Crippen LogP contribution in [0, 0.1) is 11.3 Å². The lowest BCUT2D eigenvalue weighted by atomic mass is 10.0. The molecule has 1 aliphatic heterocycles. The maximum Gasteiger partial charge on any atom is 0.123 e. The molecule has 1 heterocycles. The molecule has 4 heteroatoms. The number of nitrogens with zero attached hydrogens (tertiary/aromatic N) is 1. The van der Waals surface area contributed by atoms with Crippen LogP contribution in [0.1, 0.15) is 48.2 Å². The third-order valence-electron chi connectivity index (χ3n) is 4.46. The maximum absolute atomic E-state index is 10.3. The summed E-state index contributed by atoms with van der Waals surface area (Å²) in [7, 11) is 0. The van der Waals surface area contributed by atoms with Gasteiger partial charge in [0.25, 0.3) is 0 Å². The van der Waals surface area contributed by atoms with Gasteiger partial charge in [-0.05, 0) is 48.7 Å². The molecule has 0 radical (unpaired) electrons. The summed E-state index contributed by atoms with van der Waals surface area (Å²) in [5, 5.41) is 22.5. The van der Waals surface area contributed by atoms with Crippen molar-refractivity contribution in [1.29, 1.82) is 5.26 Å². The van der Waals surface area contributed by atoms with Crippen molar-refractivity contribution in [3.63, 3.8) is 0 Å². The van der Waals surface area contributed by atoms with Crippen molar-refractivity contribution in [1.82, 2.24) is 5.32 Å². The second-order valence-corrected chi connectivity index (χ2v) is 6.38. The van der Waals surface area contributed by atoms with E-state index in [1.807, 2.05) is 6.07 Å². The number of benzene rings is 2. The first kappa shape index (κ1) is 16.5. The normalized spacial score (nSPS) is 18.3. The predicted molar refractivity (Wildman–Crippen MR) is 92.8 cm³/mol. The highest BCUT2D eigenvalue weighted by atomic mass is 16.5. The zero-order valence-corrected chi connectivity index (χ0v) is 14.0. The Bertz CT molecular complexity index is 749. The third-order valence-corrected chi connectivity index (χ3v) is 4.46. The van der Waals surface area contributed by atoms with Gasteiger partial charge in [-0.2, -0.15) is 5.26 Å². The molecule has 24 heavy (non-hydrogen) atoms.